The van der Waals surface area contributed by atoms with Crippen LogP contribution in [0.1, 0.15) is 63.4 Å². The number of alkyl halides is 1. The van der Waals surface area contributed by atoms with Gasteiger partial charge in [0.05, 0.1) is 7.11 Å². The van der Waals surface area contributed by atoms with Crippen molar-refractivity contribution >= 4 is 22.6 Å². The molecule has 1 nitrogen and oxygen atoms in total. The second-order valence-corrected chi connectivity index (χ2v) is 9.65. The van der Waals surface area contributed by atoms with Gasteiger partial charge in [0.1, 0.15) is 0 Å². The van der Waals surface area contributed by atoms with Crippen molar-refractivity contribution in [3.05, 3.63) is 29.3 Å². The molecule has 2 saturated carbocycles. The van der Waals surface area contributed by atoms with Gasteiger partial charge in [-0.05, 0) is 80.8 Å². The summed E-state index contributed by atoms with van der Waals surface area (Å²) >= 11 is 2.60. The lowest BCUT2D eigenvalue weighted by Crippen LogP contribution is -2.26. The summed E-state index contributed by atoms with van der Waals surface area (Å²) < 4.78 is 33.6. The van der Waals surface area contributed by atoms with Gasteiger partial charge in [-0.1, -0.05) is 41.5 Å². The summed E-state index contributed by atoms with van der Waals surface area (Å²) in [7, 11) is 1.36. The highest BCUT2D eigenvalue weighted by atomic mass is 127. The number of ether oxygens (including phenoxy) is 1. The maximum Gasteiger partial charge on any atom is 0.200 e. The minimum Gasteiger partial charge on any atom is -0.494 e. The molecule has 0 aromatic heterocycles. The van der Waals surface area contributed by atoms with Crippen LogP contribution < -0.4 is 4.74 Å². The third-order valence-corrected chi connectivity index (χ3v) is 7.67. The smallest absolute Gasteiger partial charge is 0.200 e. The third-order valence-electron chi connectivity index (χ3n) is 6.43. The van der Waals surface area contributed by atoms with Crippen LogP contribution in [0, 0.1) is 29.4 Å². The molecule has 0 amide bonds. The number of rotatable bonds is 5. The van der Waals surface area contributed by atoms with Crippen molar-refractivity contribution in [3.8, 4) is 5.75 Å². The Balaban J connectivity index is 1.46. The highest BCUT2D eigenvalue weighted by Crippen LogP contribution is 2.42. The summed E-state index contributed by atoms with van der Waals surface area (Å²) in [5.74, 6) is 0.929. The first-order valence-electron chi connectivity index (χ1n) is 9.73. The molecule has 0 unspecified atom stereocenters. The van der Waals surface area contributed by atoms with Gasteiger partial charge in [0.25, 0.3) is 0 Å². The molecule has 2 fully saturated rings. The first-order valence-corrected chi connectivity index (χ1v) is 11.0. The predicted molar refractivity (Wildman–Crippen MR) is 106 cm³/mol. The molecule has 0 atom stereocenters. The lowest BCUT2D eigenvalue weighted by atomic mass is 9.70. The van der Waals surface area contributed by atoms with Crippen LogP contribution in [-0.4, -0.2) is 11.0 Å². The van der Waals surface area contributed by atoms with E-state index in [-0.39, 0.29) is 5.75 Å². The van der Waals surface area contributed by atoms with Crippen molar-refractivity contribution in [3.63, 3.8) is 0 Å². The number of aryl methyl sites for hydroxylation is 1. The van der Waals surface area contributed by atoms with Crippen molar-refractivity contribution in [1.29, 1.82) is 0 Å². The molecule has 0 saturated heterocycles. The molecule has 2 aliphatic rings. The Morgan fingerprint density at radius 2 is 1.52 bits per heavy atom. The average Bonchev–Trinajstić information content (AvgIpc) is 2.64. The Morgan fingerprint density at radius 3 is 2.12 bits per heavy atom. The summed E-state index contributed by atoms with van der Waals surface area (Å²) in [4.78, 5) is 0. The molecule has 0 N–H and O–H groups in total. The Kier molecular flexibility index (Phi) is 6.98. The average molecular weight is 462 g/mol. The summed E-state index contributed by atoms with van der Waals surface area (Å²) in [6, 6.07) is 3.21. The first-order chi connectivity index (χ1) is 12.1. The lowest BCUT2D eigenvalue weighted by Gasteiger charge is -2.37. The van der Waals surface area contributed by atoms with Crippen LogP contribution in [0.4, 0.5) is 8.78 Å². The molecule has 2 aliphatic carbocycles. The van der Waals surface area contributed by atoms with Crippen molar-refractivity contribution in [2.45, 2.75) is 68.1 Å². The fraction of sp³-hybridized carbons (Fsp3) is 0.714. The van der Waals surface area contributed by atoms with Crippen molar-refractivity contribution in [2.75, 3.05) is 7.11 Å². The molecule has 0 heterocycles. The van der Waals surface area contributed by atoms with Crippen LogP contribution in [0.15, 0.2) is 12.1 Å². The van der Waals surface area contributed by atoms with E-state index < -0.39 is 11.6 Å². The van der Waals surface area contributed by atoms with Crippen LogP contribution in [0.25, 0.3) is 0 Å². The van der Waals surface area contributed by atoms with E-state index in [1.165, 1.54) is 64.5 Å². The van der Waals surface area contributed by atoms with Crippen LogP contribution in [0.5, 0.6) is 5.75 Å². The van der Waals surface area contributed by atoms with E-state index in [0.717, 1.165) is 22.2 Å². The van der Waals surface area contributed by atoms with Gasteiger partial charge in [-0.3, -0.25) is 0 Å². The van der Waals surface area contributed by atoms with Gasteiger partial charge in [0, 0.05) is 3.92 Å². The van der Waals surface area contributed by atoms with E-state index in [4.69, 9.17) is 4.74 Å². The second-order valence-electron chi connectivity index (χ2n) is 7.89. The number of hydrogen-bond acceptors (Lipinski definition) is 1. The minimum absolute atomic E-state index is 0.0111. The van der Waals surface area contributed by atoms with Crippen molar-refractivity contribution < 1.29 is 13.5 Å². The molecule has 0 bridgehead atoms. The highest BCUT2D eigenvalue weighted by Gasteiger charge is 2.30. The molecule has 0 spiro atoms. The van der Waals surface area contributed by atoms with Gasteiger partial charge in [-0.15, -0.1) is 0 Å². The third kappa shape index (κ3) is 4.86. The zero-order chi connectivity index (χ0) is 17.8. The van der Waals surface area contributed by atoms with E-state index in [2.05, 4.69) is 22.6 Å². The normalized spacial score (nSPS) is 30.2. The molecule has 140 valence electrons. The van der Waals surface area contributed by atoms with Gasteiger partial charge in [0.15, 0.2) is 11.6 Å². The summed E-state index contributed by atoms with van der Waals surface area (Å²) in [6.07, 6.45) is 12.4. The first kappa shape index (κ1) is 19.4. The van der Waals surface area contributed by atoms with Crippen LogP contribution in [0.2, 0.25) is 0 Å². The van der Waals surface area contributed by atoms with E-state index in [9.17, 15) is 8.78 Å². The van der Waals surface area contributed by atoms with Gasteiger partial charge in [-0.2, -0.15) is 4.39 Å². The maximum atomic E-state index is 14.1. The standard InChI is InChI=1S/C21H29F2IO/c1-25-19-13-10-17(20(22)21(19)23)7-4-14-2-5-15(6-3-14)16-8-11-18(24)12-9-16/h10,13-16,18H,2-9,11-12H2,1H3. The van der Waals surface area contributed by atoms with Gasteiger partial charge < -0.3 is 4.74 Å². The SMILES string of the molecule is COc1ccc(CCC2CCC(C3CCC(I)CC3)CC2)c(F)c1F. The fourth-order valence-electron chi connectivity index (χ4n) is 4.78. The zero-order valence-corrected chi connectivity index (χ0v) is 17.2. The van der Waals surface area contributed by atoms with Gasteiger partial charge in [0.2, 0.25) is 5.82 Å². The van der Waals surface area contributed by atoms with Gasteiger partial charge in [-0.25, -0.2) is 4.39 Å². The maximum absolute atomic E-state index is 14.1. The molecule has 25 heavy (non-hydrogen) atoms. The summed E-state index contributed by atoms with van der Waals surface area (Å²) in [6.45, 7) is 0. The van der Waals surface area contributed by atoms with Crippen molar-refractivity contribution in [2.24, 2.45) is 17.8 Å². The largest absolute Gasteiger partial charge is 0.494 e. The Morgan fingerprint density at radius 1 is 0.920 bits per heavy atom. The quantitative estimate of drug-likeness (QED) is 0.349. The molecule has 0 aliphatic heterocycles. The molecule has 1 aromatic rings. The Hall–Kier alpha value is -0.390. The van der Waals surface area contributed by atoms with E-state index >= 15 is 0 Å². The number of halogens is 3. The van der Waals surface area contributed by atoms with Gasteiger partial charge >= 0.3 is 0 Å². The Labute approximate surface area is 164 Å². The van der Waals surface area contributed by atoms with E-state index in [1.807, 2.05) is 0 Å². The fourth-order valence-corrected chi connectivity index (χ4v) is 5.50. The number of methoxy groups -OCH3 is 1. The second kappa shape index (κ2) is 9.01. The molecule has 1 aromatic carbocycles. The van der Waals surface area contributed by atoms with Crippen LogP contribution >= 0.6 is 22.6 Å². The molecule has 3 rings (SSSR count). The molecular formula is C21H29F2IO. The summed E-state index contributed by atoms with van der Waals surface area (Å²) in [5, 5.41) is 0. The Bertz CT molecular complexity index is 561. The van der Waals surface area contributed by atoms with E-state index in [1.54, 1.807) is 6.07 Å². The predicted octanol–water partition coefficient (Wildman–Crippen LogP) is 6.71. The molecule has 0 radical (unpaired) electrons. The topological polar surface area (TPSA) is 9.23 Å². The zero-order valence-electron chi connectivity index (χ0n) is 15.1. The monoisotopic (exact) mass is 462 g/mol. The summed E-state index contributed by atoms with van der Waals surface area (Å²) in [5.41, 5.74) is 0.487. The van der Waals surface area contributed by atoms with Crippen molar-refractivity contribution in [1.82, 2.24) is 0 Å². The highest BCUT2D eigenvalue weighted by molar-refractivity contribution is 14.1. The van der Waals surface area contributed by atoms with Crippen LogP contribution in [0.3, 0.4) is 0 Å². The van der Waals surface area contributed by atoms with Crippen LogP contribution in [-0.2, 0) is 6.42 Å². The number of hydrogen-bond donors (Lipinski definition) is 0. The molecule has 4 heteroatoms. The lowest BCUT2D eigenvalue weighted by molar-refractivity contribution is 0.166. The van der Waals surface area contributed by atoms with E-state index in [0.29, 0.717) is 17.9 Å². The molecular weight excluding hydrogens is 433 g/mol. The minimum atomic E-state index is -0.852. The number of benzene rings is 1.